The van der Waals surface area contributed by atoms with Crippen LogP contribution in [0.4, 0.5) is 34.1 Å². The number of benzene rings is 6. The monoisotopic (exact) mass is 986 g/mol. The Kier molecular flexibility index (Phi) is 20.3. The van der Waals surface area contributed by atoms with Crippen LogP contribution in [-0.2, 0) is 56.0 Å². The van der Waals surface area contributed by atoms with Crippen molar-refractivity contribution in [2.75, 3.05) is 30.9 Å². The van der Waals surface area contributed by atoms with Gasteiger partial charge in [0.2, 0.25) is 0 Å². The summed E-state index contributed by atoms with van der Waals surface area (Å²) in [6, 6.07) is 40.6. The van der Waals surface area contributed by atoms with Crippen molar-refractivity contribution in [3.8, 4) is 11.5 Å². The SMILES string of the molecule is CC(=O)/C(=N\Nc1cc(S(=O)(=O)Nc2ccccc2)ccc1O)C(=O)Nc1ccccc1.CC(=O)/C(=N\Nc1cc(S(=O)(=O)Nc2ccccc2)ccc1O)C(=O)Nc1ccccc1.[Co].[Na+]. The van der Waals surface area contributed by atoms with E-state index in [4.69, 9.17) is 0 Å². The Balaban J connectivity index is 0.000000340. The molecule has 0 aromatic heterocycles. The average Bonchev–Trinajstić information content (AvgIpc) is 3.26. The van der Waals surface area contributed by atoms with E-state index >= 15 is 0 Å². The second kappa shape index (κ2) is 25.0. The van der Waals surface area contributed by atoms with E-state index in [0.29, 0.717) is 22.7 Å². The summed E-state index contributed by atoms with van der Waals surface area (Å²) in [4.78, 5) is 48.3. The molecule has 18 nitrogen and oxygen atoms in total. The van der Waals surface area contributed by atoms with Crippen LogP contribution in [0, 0.1) is 0 Å². The normalized spacial score (nSPS) is 11.1. The Labute approximate surface area is 412 Å². The third kappa shape index (κ3) is 15.7. The van der Waals surface area contributed by atoms with E-state index in [1.54, 1.807) is 121 Å². The minimum absolute atomic E-state index is 0. The van der Waals surface area contributed by atoms with Crippen LogP contribution in [0.15, 0.2) is 178 Å². The zero-order chi connectivity index (χ0) is 46.3. The number of sulfonamides is 2. The van der Waals surface area contributed by atoms with Gasteiger partial charge >= 0.3 is 29.6 Å². The summed E-state index contributed by atoms with van der Waals surface area (Å²) in [5.41, 5.74) is 5.35. The number of aromatic hydroxyl groups is 2. The number of amides is 2. The molecule has 8 N–H and O–H groups in total. The van der Waals surface area contributed by atoms with Crippen molar-refractivity contribution in [1.82, 2.24) is 0 Å². The van der Waals surface area contributed by atoms with E-state index in [1.165, 1.54) is 12.1 Å². The fourth-order valence-corrected chi connectivity index (χ4v) is 7.39. The van der Waals surface area contributed by atoms with E-state index < -0.39 is 54.9 Å². The molecule has 0 saturated carbocycles. The Morgan fingerprint density at radius 2 is 0.742 bits per heavy atom. The molecule has 0 aliphatic carbocycles. The molecule has 0 fully saturated rings. The zero-order valence-electron chi connectivity index (χ0n) is 35.2. The molecule has 1 radical (unpaired) electrons. The van der Waals surface area contributed by atoms with Crippen LogP contribution >= 0.6 is 0 Å². The summed E-state index contributed by atoms with van der Waals surface area (Å²) in [5.74, 6) is -3.41. The molecule has 0 heterocycles. The molecule has 6 aromatic carbocycles. The van der Waals surface area contributed by atoms with Crippen LogP contribution in [0.25, 0.3) is 0 Å². The van der Waals surface area contributed by atoms with Gasteiger partial charge in [0.05, 0.1) is 21.2 Å². The minimum atomic E-state index is -3.96. The standard InChI is InChI=1S/2C22H20N4O5S.Co.Na/c2*1-15(27)21(22(29)23-16-8-4-2-5-9-16)25-24-19-14-18(12-13-20(19)28)32(30,31)26-17-10-6-3-7-11-17;;/h2*2-14,24,26,28H,1H3,(H,23,29);;/q;;;+1/b2*25-21+;;. The third-order valence-corrected chi connectivity index (χ3v) is 11.1. The molecule has 6 aromatic rings. The van der Waals surface area contributed by atoms with Crippen molar-refractivity contribution < 1.29 is 92.6 Å². The quantitative estimate of drug-likeness (QED) is 0.0228. The number of anilines is 6. The maximum absolute atomic E-state index is 12.6. The van der Waals surface area contributed by atoms with E-state index in [1.807, 2.05) is 0 Å². The molecule has 0 spiro atoms. The average molecular weight is 987 g/mol. The number of para-hydroxylation sites is 4. The Bertz CT molecular complexity index is 2740. The van der Waals surface area contributed by atoms with Gasteiger partial charge in [-0.05, 0) is 84.9 Å². The number of phenols is 2. The van der Waals surface area contributed by atoms with Gasteiger partial charge in [0.15, 0.2) is 23.0 Å². The maximum atomic E-state index is 12.6. The number of carbonyl (C=O) groups is 4. The van der Waals surface area contributed by atoms with E-state index in [0.717, 1.165) is 38.1 Å². The molecule has 0 bridgehead atoms. The predicted molar refractivity (Wildman–Crippen MR) is 244 cm³/mol. The first kappa shape index (κ1) is 53.5. The van der Waals surface area contributed by atoms with Crippen molar-refractivity contribution in [3.05, 3.63) is 158 Å². The van der Waals surface area contributed by atoms with Crippen molar-refractivity contribution in [2.45, 2.75) is 23.6 Å². The molecule has 22 heteroatoms. The predicted octanol–water partition coefficient (Wildman–Crippen LogP) is 3.38. The molecule has 66 heavy (non-hydrogen) atoms. The summed E-state index contributed by atoms with van der Waals surface area (Å²) in [6.07, 6.45) is 0. The Morgan fingerprint density at radius 1 is 0.455 bits per heavy atom. The molecule has 0 aliphatic rings. The number of hydrogen-bond acceptors (Lipinski definition) is 14. The Hall–Kier alpha value is -6.85. The van der Waals surface area contributed by atoms with Gasteiger partial charge in [0.25, 0.3) is 31.9 Å². The van der Waals surface area contributed by atoms with Crippen molar-refractivity contribution in [2.24, 2.45) is 10.2 Å². The van der Waals surface area contributed by atoms with E-state index in [9.17, 15) is 46.2 Å². The van der Waals surface area contributed by atoms with Gasteiger partial charge in [-0.2, -0.15) is 10.2 Å². The largest absolute Gasteiger partial charge is 1.00 e. The van der Waals surface area contributed by atoms with Crippen LogP contribution < -0.4 is 60.5 Å². The number of phenolic OH excluding ortho intramolecular Hbond substituents is 2. The number of rotatable bonds is 16. The number of ketones is 2. The third-order valence-electron chi connectivity index (χ3n) is 8.35. The number of hydrogen-bond donors (Lipinski definition) is 8. The van der Waals surface area contributed by atoms with Crippen LogP contribution in [0.2, 0.25) is 0 Å². The van der Waals surface area contributed by atoms with Crippen LogP contribution in [0.3, 0.4) is 0 Å². The number of nitrogens with zero attached hydrogens (tertiary/aromatic N) is 2. The number of hydrazone groups is 2. The van der Waals surface area contributed by atoms with Crippen LogP contribution in [0.5, 0.6) is 11.5 Å². The van der Waals surface area contributed by atoms with Gasteiger partial charge in [-0.15, -0.1) is 0 Å². The first-order chi connectivity index (χ1) is 30.5. The Morgan fingerprint density at radius 3 is 1.03 bits per heavy atom. The molecule has 0 atom stereocenters. The maximum Gasteiger partial charge on any atom is 1.00 e. The molecule has 337 valence electrons. The molecule has 2 amide bonds. The molecule has 6 rings (SSSR count). The zero-order valence-corrected chi connectivity index (χ0v) is 39.9. The van der Waals surface area contributed by atoms with Gasteiger partial charge in [-0.1, -0.05) is 72.8 Å². The van der Waals surface area contributed by atoms with Crippen LogP contribution in [-0.4, -0.2) is 61.9 Å². The summed E-state index contributed by atoms with van der Waals surface area (Å²) in [6.45, 7) is 2.32. The molecule has 0 unspecified atom stereocenters. The van der Waals surface area contributed by atoms with E-state index in [-0.39, 0.29) is 79.0 Å². The van der Waals surface area contributed by atoms with Crippen LogP contribution in [0.1, 0.15) is 13.8 Å². The molecule has 0 aliphatic heterocycles. The fourth-order valence-electron chi connectivity index (χ4n) is 5.22. The minimum Gasteiger partial charge on any atom is -0.506 e. The van der Waals surface area contributed by atoms with Gasteiger partial charge in [0.1, 0.15) is 11.5 Å². The van der Waals surface area contributed by atoms with Crippen molar-refractivity contribution in [3.63, 3.8) is 0 Å². The second-order valence-electron chi connectivity index (χ2n) is 13.2. The van der Waals surface area contributed by atoms with Crippen molar-refractivity contribution in [1.29, 1.82) is 0 Å². The summed E-state index contributed by atoms with van der Waals surface area (Å²) >= 11 is 0. The summed E-state index contributed by atoms with van der Waals surface area (Å²) in [5, 5.41) is 32.8. The second-order valence-corrected chi connectivity index (χ2v) is 16.6. The number of Topliss-reactive ketones (excluding diaryl/α,β-unsaturated/α-hetero) is 2. The van der Waals surface area contributed by atoms with Gasteiger partial charge < -0.3 is 20.8 Å². The molecular formula is C44H40CoN8NaO10S2+. The van der Waals surface area contributed by atoms with Gasteiger partial charge in [0, 0.05) is 53.4 Å². The van der Waals surface area contributed by atoms with Gasteiger partial charge in [-0.25, -0.2) is 16.8 Å². The first-order valence-electron chi connectivity index (χ1n) is 18.8. The number of nitrogens with one attached hydrogen (secondary N) is 6. The topological polar surface area (TPSA) is 274 Å². The van der Waals surface area contributed by atoms with Gasteiger partial charge in [-0.3, -0.25) is 39.5 Å². The molecule has 0 saturated heterocycles. The smallest absolute Gasteiger partial charge is 0.506 e. The number of carbonyl (C=O) groups excluding carboxylic acids is 4. The summed E-state index contributed by atoms with van der Waals surface area (Å²) in [7, 11) is -7.92. The molecular weight excluding hydrogens is 947 g/mol. The van der Waals surface area contributed by atoms with Crippen molar-refractivity contribution >= 4 is 89.0 Å². The first-order valence-corrected chi connectivity index (χ1v) is 21.7. The summed E-state index contributed by atoms with van der Waals surface area (Å²) < 4.78 is 55.4. The van der Waals surface area contributed by atoms with E-state index in [2.05, 4.69) is 41.1 Å². The fraction of sp³-hybridized carbons (Fsp3) is 0.0455.